The van der Waals surface area contributed by atoms with Crippen molar-refractivity contribution < 1.29 is 19.1 Å². The number of nitrogens with one attached hydrogen (secondary N) is 2. The van der Waals surface area contributed by atoms with E-state index < -0.39 is 11.5 Å². The van der Waals surface area contributed by atoms with Crippen molar-refractivity contribution in [2.75, 3.05) is 19.6 Å². The van der Waals surface area contributed by atoms with Crippen molar-refractivity contribution >= 4 is 22.7 Å². The Morgan fingerprint density at radius 1 is 1.44 bits per heavy atom. The normalized spacial score (nSPS) is 25.8. The third-order valence-corrected chi connectivity index (χ3v) is 6.08. The molecule has 2 aromatic rings. The second-order valence-electron chi connectivity index (χ2n) is 7.73. The van der Waals surface area contributed by atoms with Crippen LogP contribution in [0, 0.1) is 18.2 Å². The molecule has 144 valence electrons. The molecule has 0 saturated carbocycles. The van der Waals surface area contributed by atoms with Crippen LogP contribution in [0.15, 0.2) is 18.2 Å². The lowest BCUT2D eigenvalue weighted by molar-refractivity contribution is -0.154. The van der Waals surface area contributed by atoms with Gasteiger partial charge in [0, 0.05) is 36.2 Å². The number of fused-ring (bicyclic) bond motifs is 1. The Balaban J connectivity index is 1.58. The quantitative estimate of drug-likeness (QED) is 0.748. The molecule has 7 heteroatoms. The summed E-state index contributed by atoms with van der Waals surface area (Å²) in [6.07, 6.45) is 1.18. The molecule has 27 heavy (non-hydrogen) atoms. The minimum atomic E-state index is -0.909. The molecule has 0 bridgehead atoms. The number of rotatable bonds is 2. The number of H-pyrrole nitrogens is 1. The zero-order valence-corrected chi connectivity index (χ0v) is 15.3. The fourth-order valence-corrected chi connectivity index (χ4v) is 4.50. The lowest BCUT2D eigenvalue weighted by Gasteiger charge is -2.46. The molecule has 1 spiro atoms. The molecule has 3 N–H and O–H groups in total. The highest BCUT2D eigenvalue weighted by molar-refractivity contribution is 5.91. The van der Waals surface area contributed by atoms with Crippen molar-refractivity contribution in [1.82, 2.24) is 15.2 Å². The number of carbonyl (C=O) groups excluding carboxylic acids is 2. The van der Waals surface area contributed by atoms with Gasteiger partial charge in [-0.25, -0.2) is 4.39 Å². The van der Waals surface area contributed by atoms with Crippen molar-refractivity contribution in [3.8, 4) is 0 Å². The minimum Gasteiger partial charge on any atom is -0.392 e. The van der Waals surface area contributed by atoms with Crippen LogP contribution < -0.4 is 5.32 Å². The Labute approximate surface area is 156 Å². The first-order chi connectivity index (χ1) is 12.9. The van der Waals surface area contributed by atoms with Crippen LogP contribution in [-0.4, -0.2) is 52.5 Å². The molecule has 2 aliphatic rings. The summed E-state index contributed by atoms with van der Waals surface area (Å²) in [4.78, 5) is 30.3. The highest BCUT2D eigenvalue weighted by Gasteiger charge is 2.50. The maximum absolute atomic E-state index is 13.7. The van der Waals surface area contributed by atoms with Crippen LogP contribution in [0.1, 0.15) is 30.5 Å². The number of hydrogen-bond acceptors (Lipinski definition) is 3. The van der Waals surface area contributed by atoms with E-state index in [9.17, 15) is 19.1 Å². The molecular formula is C20H24FN3O3. The second kappa shape index (κ2) is 6.64. The monoisotopic (exact) mass is 373 g/mol. The van der Waals surface area contributed by atoms with Gasteiger partial charge in [-0.1, -0.05) is 0 Å². The van der Waals surface area contributed by atoms with Gasteiger partial charge >= 0.3 is 0 Å². The number of halogens is 1. The third-order valence-electron chi connectivity index (χ3n) is 6.08. The maximum atomic E-state index is 13.7. The van der Waals surface area contributed by atoms with Gasteiger partial charge < -0.3 is 20.3 Å². The predicted octanol–water partition coefficient (Wildman–Crippen LogP) is 1.65. The average molecular weight is 373 g/mol. The van der Waals surface area contributed by atoms with Crippen LogP contribution in [0.2, 0.25) is 0 Å². The second-order valence-corrected chi connectivity index (χ2v) is 7.73. The predicted molar refractivity (Wildman–Crippen MR) is 98.6 cm³/mol. The number of nitrogens with zero attached hydrogens (tertiary/aromatic N) is 1. The number of amides is 2. The largest absolute Gasteiger partial charge is 0.392 e. The van der Waals surface area contributed by atoms with Gasteiger partial charge in [0.25, 0.3) is 0 Å². The molecule has 2 atom stereocenters. The van der Waals surface area contributed by atoms with E-state index in [0.29, 0.717) is 31.3 Å². The Bertz CT molecular complexity index is 909. The molecule has 2 fully saturated rings. The van der Waals surface area contributed by atoms with Crippen molar-refractivity contribution in [2.45, 2.75) is 38.7 Å². The first-order valence-corrected chi connectivity index (χ1v) is 9.41. The van der Waals surface area contributed by atoms with E-state index in [1.807, 2.05) is 6.92 Å². The number of aryl methyl sites for hydroxylation is 1. The topological polar surface area (TPSA) is 85.4 Å². The van der Waals surface area contributed by atoms with Crippen LogP contribution in [-0.2, 0) is 16.0 Å². The fraction of sp³-hybridized carbons (Fsp3) is 0.500. The van der Waals surface area contributed by atoms with Gasteiger partial charge in [0.15, 0.2) is 0 Å². The van der Waals surface area contributed by atoms with Crippen molar-refractivity contribution in [2.24, 2.45) is 5.41 Å². The molecule has 2 saturated heterocycles. The van der Waals surface area contributed by atoms with Gasteiger partial charge in [0.1, 0.15) is 5.82 Å². The Morgan fingerprint density at radius 3 is 3.04 bits per heavy atom. The summed E-state index contributed by atoms with van der Waals surface area (Å²) in [6, 6.07) is 4.50. The molecule has 6 nitrogen and oxygen atoms in total. The number of likely N-dealkylation sites (tertiary alicyclic amines) is 1. The number of carbonyl (C=O) groups is 2. The number of aromatic amines is 1. The molecule has 2 aliphatic heterocycles. The molecule has 0 radical (unpaired) electrons. The van der Waals surface area contributed by atoms with Crippen LogP contribution in [0.25, 0.3) is 10.9 Å². The average Bonchev–Trinajstić information content (AvgIpc) is 2.94. The van der Waals surface area contributed by atoms with Gasteiger partial charge in [-0.05, 0) is 49.9 Å². The molecule has 3 heterocycles. The van der Waals surface area contributed by atoms with Gasteiger partial charge in [-0.15, -0.1) is 0 Å². The van der Waals surface area contributed by atoms with Crippen molar-refractivity contribution in [3.63, 3.8) is 0 Å². The Hall–Kier alpha value is -2.41. The standard InChI is InChI=1S/C20H24FN3O3/c1-12-14(15-9-13(21)3-4-16(15)23-12)10-18(26)24-8-5-17(25)20(11-24)6-2-7-22-19(20)27/h3-4,9,17,23,25H,2,5-8,10-11H2,1H3,(H,22,27)/t17-,20+/m0/s1. The summed E-state index contributed by atoms with van der Waals surface area (Å²) < 4.78 is 13.7. The Kier molecular flexibility index (Phi) is 4.42. The van der Waals surface area contributed by atoms with E-state index in [0.717, 1.165) is 23.2 Å². The molecule has 1 aromatic carbocycles. The molecule has 1 aromatic heterocycles. The molecule has 4 rings (SSSR count). The first kappa shape index (κ1) is 18.0. The van der Waals surface area contributed by atoms with Gasteiger partial charge in [0.2, 0.25) is 11.8 Å². The summed E-state index contributed by atoms with van der Waals surface area (Å²) in [5.74, 6) is -0.605. The number of aliphatic hydroxyl groups excluding tert-OH is 1. The van der Waals surface area contributed by atoms with E-state index >= 15 is 0 Å². The zero-order valence-electron chi connectivity index (χ0n) is 15.3. The summed E-state index contributed by atoms with van der Waals surface area (Å²) in [7, 11) is 0. The van der Waals surface area contributed by atoms with Gasteiger partial charge in [0.05, 0.1) is 17.9 Å². The summed E-state index contributed by atoms with van der Waals surface area (Å²) in [5, 5.41) is 14.0. The van der Waals surface area contributed by atoms with Crippen molar-refractivity contribution in [3.05, 3.63) is 35.3 Å². The third kappa shape index (κ3) is 3.00. The zero-order chi connectivity index (χ0) is 19.2. The number of aromatic nitrogens is 1. The van der Waals surface area contributed by atoms with Gasteiger partial charge in [-0.3, -0.25) is 9.59 Å². The molecular weight excluding hydrogens is 349 g/mol. The Morgan fingerprint density at radius 2 is 2.26 bits per heavy atom. The first-order valence-electron chi connectivity index (χ1n) is 9.41. The van der Waals surface area contributed by atoms with E-state index in [4.69, 9.17) is 0 Å². The van der Waals surface area contributed by atoms with E-state index in [1.165, 1.54) is 12.1 Å². The smallest absolute Gasteiger partial charge is 0.230 e. The van der Waals surface area contributed by atoms with Crippen LogP contribution in [0.4, 0.5) is 4.39 Å². The summed E-state index contributed by atoms with van der Waals surface area (Å²) >= 11 is 0. The number of hydrogen-bond donors (Lipinski definition) is 3. The highest BCUT2D eigenvalue weighted by Crippen LogP contribution is 2.37. The van der Waals surface area contributed by atoms with Crippen molar-refractivity contribution in [1.29, 1.82) is 0 Å². The van der Waals surface area contributed by atoms with Crippen LogP contribution in [0.3, 0.4) is 0 Å². The summed E-state index contributed by atoms with van der Waals surface area (Å²) in [5.41, 5.74) is 1.51. The molecule has 2 amide bonds. The van der Waals surface area contributed by atoms with Crippen LogP contribution >= 0.6 is 0 Å². The number of piperidine rings is 2. The molecule has 0 aliphatic carbocycles. The number of aliphatic hydroxyl groups is 1. The lowest BCUT2D eigenvalue weighted by Crippen LogP contribution is -2.62. The maximum Gasteiger partial charge on any atom is 0.230 e. The number of benzene rings is 1. The van der Waals surface area contributed by atoms with E-state index in [-0.39, 0.29) is 30.6 Å². The van der Waals surface area contributed by atoms with Gasteiger partial charge in [-0.2, -0.15) is 0 Å². The SMILES string of the molecule is Cc1[nH]c2ccc(F)cc2c1CC(=O)N1CC[C@H](O)[C@@]2(CCCNC2=O)C1. The van der Waals surface area contributed by atoms with E-state index in [2.05, 4.69) is 10.3 Å². The fourth-order valence-electron chi connectivity index (χ4n) is 4.50. The minimum absolute atomic E-state index is 0.104. The molecule has 0 unspecified atom stereocenters. The summed E-state index contributed by atoms with van der Waals surface area (Å²) in [6.45, 7) is 3.14. The van der Waals surface area contributed by atoms with Crippen LogP contribution in [0.5, 0.6) is 0 Å². The lowest BCUT2D eigenvalue weighted by atomic mass is 9.71. The highest BCUT2D eigenvalue weighted by atomic mass is 19.1. The van der Waals surface area contributed by atoms with E-state index in [1.54, 1.807) is 11.0 Å².